The summed E-state index contributed by atoms with van der Waals surface area (Å²) in [4.78, 5) is 3.57. The monoisotopic (exact) mass is 378 g/mol. The van der Waals surface area contributed by atoms with Gasteiger partial charge in [-0.1, -0.05) is 0 Å². The van der Waals surface area contributed by atoms with Crippen molar-refractivity contribution in [3.63, 3.8) is 0 Å². The van der Waals surface area contributed by atoms with E-state index < -0.39 is 34.6 Å². The van der Waals surface area contributed by atoms with E-state index in [4.69, 9.17) is 0 Å². The fourth-order valence-corrected chi connectivity index (χ4v) is 2.40. The first-order valence-corrected chi connectivity index (χ1v) is 5.79. The number of hydrogen-bond acceptors (Lipinski definition) is 3. The number of hydrogen-bond donors (Lipinski definition) is 0. The molecule has 0 saturated carbocycles. The van der Waals surface area contributed by atoms with Crippen LogP contribution in [0.2, 0.25) is 0 Å². The molecule has 0 spiro atoms. The molecule has 0 atom stereocenters. The molecule has 2 aromatic rings. The van der Waals surface area contributed by atoms with Gasteiger partial charge in [0.15, 0.2) is 28.3 Å². The van der Waals surface area contributed by atoms with Crippen LogP contribution in [0.1, 0.15) is 0 Å². The van der Waals surface area contributed by atoms with Crippen molar-refractivity contribution >= 4 is 34.1 Å². The van der Waals surface area contributed by atoms with Crippen LogP contribution in [0.15, 0.2) is 0 Å². The smallest absolute Gasteiger partial charge is 0.203 e. The second-order valence-corrected chi connectivity index (χ2v) is 4.53. The molecule has 2 rings (SSSR count). The summed E-state index contributed by atoms with van der Waals surface area (Å²) >= 11 is 2.21. The van der Waals surface area contributed by atoms with Crippen molar-refractivity contribution in [2.24, 2.45) is 0 Å². The van der Waals surface area contributed by atoms with Crippen LogP contribution < -0.4 is 0 Å². The summed E-state index contributed by atoms with van der Waals surface area (Å²) in [7, 11) is 0. The highest BCUT2D eigenvalue weighted by Gasteiger charge is 2.28. The molecule has 2 nitrogen and oxygen atoms in total. The van der Waals surface area contributed by atoms with Gasteiger partial charge in [-0.15, -0.1) is 0 Å². The fourth-order valence-electron chi connectivity index (χ4n) is 1.10. The normalized spacial score (nSPS) is 10.9. The van der Waals surface area contributed by atoms with Gasteiger partial charge in [-0.2, -0.15) is 4.37 Å². The molecule has 1 aromatic carbocycles. The molecule has 0 bridgehead atoms. The van der Waals surface area contributed by atoms with Crippen LogP contribution in [-0.4, -0.2) is 9.36 Å². The number of benzene rings is 1. The Bertz CT molecular complexity index is 571. The Morgan fingerprint density at radius 3 is 1.71 bits per heavy atom. The van der Waals surface area contributed by atoms with E-state index in [9.17, 15) is 22.0 Å². The number of nitrogens with zero attached hydrogens (tertiary/aromatic N) is 2. The van der Waals surface area contributed by atoms with Crippen LogP contribution in [0.25, 0.3) is 10.6 Å². The molecule has 0 aliphatic carbocycles. The molecule has 0 radical (unpaired) electrons. The highest BCUT2D eigenvalue weighted by atomic mass is 127. The van der Waals surface area contributed by atoms with Gasteiger partial charge in [0.25, 0.3) is 0 Å². The third-order valence-electron chi connectivity index (χ3n) is 1.82. The topological polar surface area (TPSA) is 25.8 Å². The lowest BCUT2D eigenvalue weighted by Crippen LogP contribution is -2.03. The van der Waals surface area contributed by atoms with Gasteiger partial charge in [0, 0.05) is 22.6 Å². The average Bonchev–Trinajstić information content (AvgIpc) is 2.71. The Labute approximate surface area is 109 Å². The van der Waals surface area contributed by atoms with Crippen molar-refractivity contribution < 1.29 is 22.0 Å². The maximum Gasteiger partial charge on any atom is 0.203 e. The van der Waals surface area contributed by atoms with E-state index in [1.807, 2.05) is 0 Å². The molecular formula is C8F5IN2S. The van der Waals surface area contributed by atoms with E-state index in [2.05, 4.69) is 9.36 Å². The van der Waals surface area contributed by atoms with Gasteiger partial charge >= 0.3 is 0 Å². The quantitative estimate of drug-likeness (QED) is 0.329. The predicted octanol–water partition coefficient (Wildman–Crippen LogP) is 3.51. The first-order valence-electron chi connectivity index (χ1n) is 3.94. The first kappa shape index (κ1) is 12.6. The standard InChI is InChI=1S/C8F5IN2S/c9-2-1(7-15-8(14)16-17-7)3(10)5(12)6(13)4(2)11. The summed E-state index contributed by atoms with van der Waals surface area (Å²) in [5, 5.41) is -0.359. The molecule has 0 N–H and O–H groups in total. The van der Waals surface area contributed by atoms with Crippen molar-refractivity contribution in [2.75, 3.05) is 0 Å². The highest BCUT2D eigenvalue weighted by molar-refractivity contribution is 14.1. The van der Waals surface area contributed by atoms with Crippen LogP contribution in [0, 0.1) is 32.9 Å². The minimum atomic E-state index is -2.19. The lowest BCUT2D eigenvalue weighted by atomic mass is 10.2. The van der Waals surface area contributed by atoms with Gasteiger partial charge in [-0.05, 0) is 11.5 Å². The minimum absolute atomic E-state index is 0.159. The highest BCUT2D eigenvalue weighted by Crippen LogP contribution is 2.32. The Balaban J connectivity index is 2.78. The third-order valence-corrected chi connectivity index (χ3v) is 3.37. The number of halogens is 6. The Hall–Kier alpha value is -0.840. The Kier molecular flexibility index (Phi) is 3.30. The van der Waals surface area contributed by atoms with Crippen molar-refractivity contribution in [2.45, 2.75) is 0 Å². The maximum absolute atomic E-state index is 13.3. The van der Waals surface area contributed by atoms with Gasteiger partial charge in [0.05, 0.1) is 5.56 Å². The molecule has 9 heteroatoms. The maximum atomic E-state index is 13.3. The molecule has 0 aliphatic heterocycles. The second-order valence-electron chi connectivity index (χ2n) is 2.81. The van der Waals surface area contributed by atoms with E-state index in [1.165, 1.54) is 0 Å². The average molecular weight is 378 g/mol. The molecule has 0 unspecified atom stereocenters. The van der Waals surface area contributed by atoms with Crippen LogP contribution >= 0.6 is 34.1 Å². The lowest BCUT2D eigenvalue weighted by Gasteiger charge is -2.04. The molecular weight excluding hydrogens is 378 g/mol. The zero-order valence-electron chi connectivity index (χ0n) is 7.57. The van der Waals surface area contributed by atoms with Crippen LogP contribution in [0.4, 0.5) is 22.0 Å². The number of rotatable bonds is 1. The second kappa shape index (κ2) is 4.44. The summed E-state index contributed by atoms with van der Waals surface area (Å²) < 4.78 is 68.9. The molecule has 0 fully saturated rings. The molecule has 0 saturated heterocycles. The van der Waals surface area contributed by atoms with Crippen molar-refractivity contribution in [1.82, 2.24) is 9.36 Å². The van der Waals surface area contributed by atoms with Crippen molar-refractivity contribution in [3.8, 4) is 10.6 Å². The van der Waals surface area contributed by atoms with E-state index in [1.54, 1.807) is 22.6 Å². The molecule has 0 aliphatic rings. The van der Waals surface area contributed by atoms with Gasteiger partial charge in [-0.3, -0.25) is 0 Å². The van der Waals surface area contributed by atoms with E-state index in [0.29, 0.717) is 11.5 Å². The zero-order valence-corrected chi connectivity index (χ0v) is 10.5. The van der Waals surface area contributed by atoms with Crippen LogP contribution in [-0.2, 0) is 0 Å². The summed E-state index contributed by atoms with van der Waals surface area (Å²) in [6.45, 7) is 0. The van der Waals surface area contributed by atoms with Crippen molar-refractivity contribution in [3.05, 3.63) is 32.9 Å². The van der Waals surface area contributed by atoms with Crippen LogP contribution in [0.5, 0.6) is 0 Å². The molecule has 1 heterocycles. The summed E-state index contributed by atoms with van der Waals surface area (Å²) in [5.41, 5.74) is -1.05. The summed E-state index contributed by atoms with van der Waals surface area (Å²) in [6.07, 6.45) is 0. The van der Waals surface area contributed by atoms with Crippen molar-refractivity contribution in [1.29, 1.82) is 0 Å². The molecule has 0 amide bonds. The molecule has 1 aromatic heterocycles. The molecule has 90 valence electrons. The van der Waals surface area contributed by atoms with E-state index in [0.717, 1.165) is 0 Å². The number of aromatic nitrogens is 2. The third kappa shape index (κ3) is 2.01. The van der Waals surface area contributed by atoms with E-state index in [-0.39, 0.29) is 8.84 Å². The Morgan fingerprint density at radius 1 is 0.824 bits per heavy atom. The fraction of sp³-hybridized carbons (Fsp3) is 0. The van der Waals surface area contributed by atoms with Crippen LogP contribution in [0.3, 0.4) is 0 Å². The van der Waals surface area contributed by atoms with E-state index >= 15 is 0 Å². The summed E-state index contributed by atoms with van der Waals surface area (Å²) in [6, 6.07) is 0. The lowest BCUT2D eigenvalue weighted by molar-refractivity contribution is 0.381. The largest absolute Gasteiger partial charge is 0.209 e. The summed E-state index contributed by atoms with van der Waals surface area (Å²) in [5.74, 6) is -10.0. The van der Waals surface area contributed by atoms with Gasteiger partial charge in [0.1, 0.15) is 0 Å². The minimum Gasteiger partial charge on any atom is -0.209 e. The predicted molar refractivity (Wildman–Crippen MR) is 57.9 cm³/mol. The SMILES string of the molecule is Fc1c(F)c(F)c(-c2nc(I)ns2)c(F)c1F. The van der Waals surface area contributed by atoms with Gasteiger partial charge in [0.2, 0.25) is 9.65 Å². The molecule has 17 heavy (non-hydrogen) atoms. The van der Waals surface area contributed by atoms with Gasteiger partial charge in [-0.25, -0.2) is 26.9 Å². The van der Waals surface area contributed by atoms with Gasteiger partial charge < -0.3 is 0 Å². The zero-order chi connectivity index (χ0) is 12.7. The Morgan fingerprint density at radius 2 is 1.29 bits per heavy atom. The first-order chi connectivity index (χ1) is 7.93.